The van der Waals surface area contributed by atoms with Crippen LogP contribution < -0.4 is 5.32 Å². The molecule has 138 valence electrons. The molecule has 0 bridgehead atoms. The summed E-state index contributed by atoms with van der Waals surface area (Å²) in [5.41, 5.74) is -2.06. The molecule has 1 atom stereocenters. The summed E-state index contributed by atoms with van der Waals surface area (Å²) in [6.45, 7) is 1.37. The summed E-state index contributed by atoms with van der Waals surface area (Å²) in [7, 11) is 0. The molecule has 0 amide bonds. The van der Waals surface area contributed by atoms with Crippen LogP contribution in [0, 0.1) is 5.82 Å². The van der Waals surface area contributed by atoms with Gasteiger partial charge in [0.15, 0.2) is 0 Å². The first-order valence-electron chi connectivity index (χ1n) is 6.99. The normalized spacial score (nSPS) is 17.7. The molecule has 1 aromatic rings. The monoisotopic (exact) mass is 396 g/mol. The van der Waals surface area contributed by atoms with Crippen LogP contribution in [0.4, 0.5) is 26.3 Å². The maximum atomic E-state index is 14.3. The lowest BCUT2D eigenvalue weighted by molar-refractivity contribution is -0.139. The third-order valence-corrected chi connectivity index (χ3v) is 4.06. The summed E-state index contributed by atoms with van der Waals surface area (Å²) in [5, 5.41) is 2.46. The molecular formula is C14H16Cl2F6N2. The van der Waals surface area contributed by atoms with Crippen LogP contribution in [0.2, 0.25) is 5.02 Å². The SMILES string of the molecule is Cl.Fc1c(Cl)ccc(C(F)(F)F)c1[C@H](CC(F)F)N1CCNCC1. The maximum absolute atomic E-state index is 14.3. The summed E-state index contributed by atoms with van der Waals surface area (Å²) in [4.78, 5) is 1.44. The van der Waals surface area contributed by atoms with Crippen LogP contribution >= 0.6 is 24.0 Å². The number of alkyl halides is 5. The van der Waals surface area contributed by atoms with Gasteiger partial charge in [-0.1, -0.05) is 11.6 Å². The quantitative estimate of drug-likeness (QED) is 0.752. The fourth-order valence-electron chi connectivity index (χ4n) is 2.75. The molecule has 1 aromatic carbocycles. The Hall–Kier alpha value is -0.700. The van der Waals surface area contributed by atoms with E-state index in [-0.39, 0.29) is 25.5 Å². The number of hydrogen-bond acceptors (Lipinski definition) is 2. The van der Waals surface area contributed by atoms with Crippen LogP contribution in [-0.4, -0.2) is 37.5 Å². The van der Waals surface area contributed by atoms with Gasteiger partial charge in [-0.3, -0.25) is 4.90 Å². The van der Waals surface area contributed by atoms with Gasteiger partial charge >= 0.3 is 6.18 Å². The minimum absolute atomic E-state index is 0. The van der Waals surface area contributed by atoms with Crippen molar-refractivity contribution in [3.63, 3.8) is 0 Å². The second-order valence-electron chi connectivity index (χ2n) is 5.25. The van der Waals surface area contributed by atoms with Gasteiger partial charge in [-0.05, 0) is 12.1 Å². The number of nitrogens with zero attached hydrogens (tertiary/aromatic N) is 1. The smallest absolute Gasteiger partial charge is 0.314 e. The van der Waals surface area contributed by atoms with Crippen molar-refractivity contribution in [2.24, 2.45) is 0 Å². The molecule has 0 saturated carbocycles. The van der Waals surface area contributed by atoms with Gasteiger partial charge in [0.2, 0.25) is 6.43 Å². The summed E-state index contributed by atoms with van der Waals surface area (Å²) in [6, 6.07) is 0.0503. The maximum Gasteiger partial charge on any atom is 0.416 e. The first-order chi connectivity index (χ1) is 10.7. The van der Waals surface area contributed by atoms with Crippen molar-refractivity contribution in [3.05, 3.63) is 34.1 Å². The minimum atomic E-state index is -4.85. The van der Waals surface area contributed by atoms with E-state index in [4.69, 9.17) is 11.6 Å². The fourth-order valence-corrected chi connectivity index (χ4v) is 2.92. The van der Waals surface area contributed by atoms with E-state index < -0.39 is 47.0 Å². The number of benzene rings is 1. The predicted octanol–water partition coefficient (Wildman–Crippen LogP) is 4.52. The van der Waals surface area contributed by atoms with Gasteiger partial charge in [0.1, 0.15) is 5.82 Å². The van der Waals surface area contributed by atoms with Crippen LogP contribution in [0.3, 0.4) is 0 Å². The average Bonchev–Trinajstić information content (AvgIpc) is 2.47. The molecule has 24 heavy (non-hydrogen) atoms. The number of rotatable bonds is 4. The molecule has 2 nitrogen and oxygen atoms in total. The highest BCUT2D eigenvalue weighted by Gasteiger charge is 2.40. The van der Waals surface area contributed by atoms with E-state index in [1.54, 1.807) is 0 Å². The van der Waals surface area contributed by atoms with Crippen LogP contribution in [0.1, 0.15) is 23.6 Å². The van der Waals surface area contributed by atoms with Crippen molar-refractivity contribution < 1.29 is 26.3 Å². The second kappa shape index (κ2) is 8.60. The summed E-state index contributed by atoms with van der Waals surface area (Å²) < 4.78 is 79.7. The Labute approximate surface area is 146 Å². The highest BCUT2D eigenvalue weighted by Crippen LogP contribution is 2.41. The Morgan fingerprint density at radius 3 is 2.25 bits per heavy atom. The molecule has 1 aliphatic heterocycles. The molecule has 0 radical (unpaired) electrons. The zero-order valence-corrected chi connectivity index (χ0v) is 13.9. The summed E-state index contributed by atoms with van der Waals surface area (Å²) >= 11 is 5.59. The van der Waals surface area contributed by atoms with Gasteiger partial charge in [0, 0.05) is 44.2 Å². The molecule has 1 heterocycles. The standard InChI is InChI=1S/C14H15ClF6N2.ClH/c15-9-2-1-8(14(19,20)21)12(13(9)18)10(7-11(16)17)23-5-3-22-4-6-23;/h1-2,10-11,22H,3-7H2;1H/t10-;/m0./s1. The van der Waals surface area contributed by atoms with E-state index in [2.05, 4.69) is 5.32 Å². The van der Waals surface area contributed by atoms with E-state index in [1.807, 2.05) is 0 Å². The molecule has 0 aromatic heterocycles. The number of hydrogen-bond donors (Lipinski definition) is 1. The molecule has 0 unspecified atom stereocenters. The fraction of sp³-hybridized carbons (Fsp3) is 0.571. The Morgan fingerprint density at radius 1 is 1.17 bits per heavy atom. The Kier molecular flexibility index (Phi) is 7.65. The van der Waals surface area contributed by atoms with Crippen molar-refractivity contribution in [1.82, 2.24) is 10.2 Å². The van der Waals surface area contributed by atoms with Crippen molar-refractivity contribution in [1.29, 1.82) is 0 Å². The number of halogens is 8. The molecule has 1 fully saturated rings. The van der Waals surface area contributed by atoms with Crippen molar-refractivity contribution >= 4 is 24.0 Å². The van der Waals surface area contributed by atoms with Crippen LogP contribution in [0.5, 0.6) is 0 Å². The number of piperazine rings is 1. The molecule has 1 N–H and O–H groups in total. The van der Waals surface area contributed by atoms with E-state index >= 15 is 0 Å². The predicted molar refractivity (Wildman–Crippen MR) is 81.5 cm³/mol. The lowest BCUT2D eigenvalue weighted by Gasteiger charge is -2.36. The molecule has 2 rings (SSSR count). The Morgan fingerprint density at radius 2 is 1.75 bits per heavy atom. The van der Waals surface area contributed by atoms with E-state index in [1.165, 1.54) is 4.90 Å². The van der Waals surface area contributed by atoms with Crippen molar-refractivity contribution in [2.45, 2.75) is 25.1 Å². The lowest BCUT2D eigenvalue weighted by Crippen LogP contribution is -2.46. The minimum Gasteiger partial charge on any atom is -0.314 e. The molecule has 0 spiro atoms. The van der Waals surface area contributed by atoms with Crippen molar-refractivity contribution in [3.8, 4) is 0 Å². The van der Waals surface area contributed by atoms with Gasteiger partial charge in [-0.25, -0.2) is 13.2 Å². The molecule has 1 aliphatic rings. The lowest BCUT2D eigenvalue weighted by atomic mass is 9.95. The van der Waals surface area contributed by atoms with Crippen LogP contribution in [0.15, 0.2) is 12.1 Å². The number of nitrogens with one attached hydrogen (secondary N) is 1. The first-order valence-corrected chi connectivity index (χ1v) is 7.37. The molecule has 0 aliphatic carbocycles. The highest BCUT2D eigenvalue weighted by atomic mass is 35.5. The van der Waals surface area contributed by atoms with Crippen molar-refractivity contribution in [2.75, 3.05) is 26.2 Å². The second-order valence-corrected chi connectivity index (χ2v) is 5.66. The van der Waals surface area contributed by atoms with E-state index in [0.717, 1.165) is 6.07 Å². The van der Waals surface area contributed by atoms with Gasteiger partial charge in [-0.2, -0.15) is 13.2 Å². The third-order valence-electron chi connectivity index (χ3n) is 3.77. The zero-order valence-electron chi connectivity index (χ0n) is 12.3. The Bertz CT molecular complexity index is 547. The highest BCUT2D eigenvalue weighted by molar-refractivity contribution is 6.30. The van der Waals surface area contributed by atoms with Gasteiger partial charge in [0.25, 0.3) is 0 Å². The largest absolute Gasteiger partial charge is 0.416 e. The summed E-state index contributed by atoms with van der Waals surface area (Å²) in [6.07, 6.45) is -8.61. The molecular weight excluding hydrogens is 381 g/mol. The van der Waals surface area contributed by atoms with Gasteiger partial charge < -0.3 is 5.32 Å². The topological polar surface area (TPSA) is 15.3 Å². The molecule has 10 heteroatoms. The van der Waals surface area contributed by atoms with Crippen LogP contribution in [-0.2, 0) is 6.18 Å². The third kappa shape index (κ3) is 4.91. The van der Waals surface area contributed by atoms with Crippen LogP contribution in [0.25, 0.3) is 0 Å². The van der Waals surface area contributed by atoms with Gasteiger partial charge in [-0.15, -0.1) is 12.4 Å². The Balaban J connectivity index is 0.00000288. The molecule has 1 saturated heterocycles. The zero-order chi connectivity index (χ0) is 17.2. The van der Waals surface area contributed by atoms with E-state index in [0.29, 0.717) is 19.2 Å². The average molecular weight is 397 g/mol. The summed E-state index contributed by atoms with van der Waals surface area (Å²) in [5.74, 6) is -1.29. The first kappa shape index (κ1) is 21.3. The van der Waals surface area contributed by atoms with E-state index in [9.17, 15) is 26.3 Å². The van der Waals surface area contributed by atoms with Gasteiger partial charge in [0.05, 0.1) is 10.6 Å².